The molecular weight excluding hydrogens is 354 g/mol. The number of rotatable bonds is 6. The maximum Gasteiger partial charge on any atom is 0.251 e. The van der Waals surface area contributed by atoms with Crippen molar-refractivity contribution in [2.75, 3.05) is 23.9 Å². The van der Waals surface area contributed by atoms with Gasteiger partial charge in [-0.2, -0.15) is 0 Å². The largest absolute Gasteiger partial charge is 0.497 e. The van der Waals surface area contributed by atoms with Gasteiger partial charge in [-0.1, -0.05) is 12.1 Å². The molecule has 1 atom stereocenters. The van der Waals surface area contributed by atoms with Gasteiger partial charge in [-0.05, 0) is 36.2 Å². The van der Waals surface area contributed by atoms with Gasteiger partial charge in [0.15, 0.2) is 9.84 Å². The molecule has 138 valence electrons. The van der Waals surface area contributed by atoms with Crippen LogP contribution in [0, 0.1) is 0 Å². The first-order valence-electron chi connectivity index (χ1n) is 8.29. The Morgan fingerprint density at radius 3 is 2.69 bits per heavy atom. The zero-order valence-electron chi connectivity index (χ0n) is 14.4. The van der Waals surface area contributed by atoms with Crippen LogP contribution < -0.4 is 15.4 Å². The second kappa shape index (κ2) is 7.74. The fourth-order valence-electron chi connectivity index (χ4n) is 2.78. The first-order chi connectivity index (χ1) is 12.4. The van der Waals surface area contributed by atoms with Crippen molar-refractivity contribution in [3.8, 4) is 5.75 Å². The number of nitrogens with one attached hydrogen (secondary N) is 2. The Labute approximate surface area is 152 Å². The molecule has 1 aliphatic heterocycles. The van der Waals surface area contributed by atoms with Crippen molar-refractivity contribution in [3.63, 3.8) is 0 Å². The van der Waals surface area contributed by atoms with E-state index in [9.17, 15) is 13.2 Å². The quantitative estimate of drug-likeness (QED) is 0.796. The van der Waals surface area contributed by atoms with E-state index in [0.29, 0.717) is 24.3 Å². The van der Waals surface area contributed by atoms with E-state index in [-0.39, 0.29) is 23.5 Å². The van der Waals surface area contributed by atoms with Gasteiger partial charge >= 0.3 is 0 Å². The second-order valence-corrected chi connectivity index (χ2v) is 8.43. The molecule has 26 heavy (non-hydrogen) atoms. The van der Waals surface area contributed by atoms with Crippen LogP contribution in [0.5, 0.6) is 5.75 Å². The number of benzene rings is 1. The zero-order valence-corrected chi connectivity index (χ0v) is 15.3. The first-order valence-corrected chi connectivity index (χ1v) is 10.1. The summed E-state index contributed by atoms with van der Waals surface area (Å²) in [4.78, 5) is 16.5. The Bertz CT molecular complexity index is 882. The number of hydrogen-bond donors (Lipinski definition) is 2. The lowest BCUT2D eigenvalue weighted by molar-refractivity contribution is 0.0941. The molecule has 1 unspecified atom stereocenters. The molecule has 8 heteroatoms. The summed E-state index contributed by atoms with van der Waals surface area (Å²) in [6.07, 6.45) is 2.01. The van der Waals surface area contributed by atoms with Crippen molar-refractivity contribution in [1.29, 1.82) is 0 Å². The summed E-state index contributed by atoms with van der Waals surface area (Å²) in [5.74, 6) is 1.21. The molecule has 2 N–H and O–H groups in total. The highest BCUT2D eigenvalue weighted by atomic mass is 32.2. The van der Waals surface area contributed by atoms with E-state index in [1.54, 1.807) is 25.4 Å². The number of methoxy groups -OCH3 is 1. The van der Waals surface area contributed by atoms with E-state index in [1.807, 2.05) is 24.3 Å². The molecule has 0 aliphatic carbocycles. The standard InChI is InChI=1S/C18H21N3O4S/c1-25-16-4-2-13(3-5-16)11-20-17-10-14(6-8-19-17)18(22)21-15-7-9-26(23,24)12-15/h2-6,8,10,15H,7,9,11-12H2,1H3,(H,19,20)(H,21,22). The molecular formula is C18H21N3O4S. The lowest BCUT2D eigenvalue weighted by atomic mass is 10.2. The number of carbonyl (C=O) groups is 1. The molecule has 1 fully saturated rings. The van der Waals surface area contributed by atoms with Crippen molar-refractivity contribution in [3.05, 3.63) is 53.7 Å². The van der Waals surface area contributed by atoms with Crippen LogP contribution in [0.15, 0.2) is 42.6 Å². The Hall–Kier alpha value is -2.61. The maximum atomic E-state index is 12.3. The number of sulfone groups is 1. The van der Waals surface area contributed by atoms with Gasteiger partial charge < -0.3 is 15.4 Å². The Morgan fingerprint density at radius 2 is 2.04 bits per heavy atom. The summed E-state index contributed by atoms with van der Waals surface area (Å²) in [6, 6.07) is 10.6. The van der Waals surface area contributed by atoms with Gasteiger partial charge in [-0.3, -0.25) is 4.79 Å². The molecule has 1 amide bonds. The van der Waals surface area contributed by atoms with E-state index >= 15 is 0 Å². The van der Waals surface area contributed by atoms with Gasteiger partial charge in [0.2, 0.25) is 0 Å². The number of ether oxygens (including phenoxy) is 1. The number of amides is 1. The minimum absolute atomic E-state index is 0.00635. The third-order valence-corrected chi connectivity index (χ3v) is 5.99. The molecule has 2 aromatic rings. The zero-order chi connectivity index (χ0) is 18.6. The van der Waals surface area contributed by atoms with Crippen LogP contribution in [0.1, 0.15) is 22.3 Å². The van der Waals surface area contributed by atoms with Crippen LogP contribution in [-0.4, -0.2) is 44.0 Å². The minimum Gasteiger partial charge on any atom is -0.497 e. The molecule has 3 rings (SSSR count). The Balaban J connectivity index is 1.59. The Morgan fingerprint density at radius 1 is 1.27 bits per heavy atom. The van der Waals surface area contributed by atoms with Gasteiger partial charge in [-0.25, -0.2) is 13.4 Å². The smallest absolute Gasteiger partial charge is 0.251 e. The molecule has 7 nitrogen and oxygen atoms in total. The molecule has 1 saturated heterocycles. The van der Waals surface area contributed by atoms with Crippen molar-refractivity contribution >= 4 is 21.6 Å². The monoisotopic (exact) mass is 375 g/mol. The molecule has 1 aromatic heterocycles. The van der Waals surface area contributed by atoms with E-state index in [4.69, 9.17) is 4.74 Å². The third-order valence-electron chi connectivity index (χ3n) is 4.22. The maximum absolute atomic E-state index is 12.3. The number of anilines is 1. The number of aromatic nitrogens is 1. The second-order valence-electron chi connectivity index (χ2n) is 6.20. The summed E-state index contributed by atoms with van der Waals surface area (Å²) in [6.45, 7) is 0.558. The third kappa shape index (κ3) is 4.72. The molecule has 2 heterocycles. The summed E-state index contributed by atoms with van der Waals surface area (Å²) in [5, 5.41) is 5.95. The van der Waals surface area contributed by atoms with Gasteiger partial charge in [0, 0.05) is 24.3 Å². The summed E-state index contributed by atoms with van der Waals surface area (Å²) in [5.41, 5.74) is 1.50. The average Bonchev–Trinajstić information content (AvgIpc) is 2.99. The SMILES string of the molecule is COc1ccc(CNc2cc(C(=O)NC3CCS(=O)(=O)C3)ccn2)cc1. The lowest BCUT2D eigenvalue weighted by Crippen LogP contribution is -2.35. The first kappa shape index (κ1) is 18.2. The highest BCUT2D eigenvalue weighted by Gasteiger charge is 2.29. The summed E-state index contributed by atoms with van der Waals surface area (Å²) >= 11 is 0. The average molecular weight is 375 g/mol. The molecule has 1 aliphatic rings. The van der Waals surface area contributed by atoms with Gasteiger partial charge in [0.25, 0.3) is 5.91 Å². The van der Waals surface area contributed by atoms with E-state index in [2.05, 4.69) is 15.6 Å². The number of pyridine rings is 1. The fourth-order valence-corrected chi connectivity index (χ4v) is 4.46. The fraction of sp³-hybridized carbons (Fsp3) is 0.333. The predicted molar refractivity (Wildman–Crippen MR) is 99.1 cm³/mol. The highest BCUT2D eigenvalue weighted by Crippen LogP contribution is 2.15. The van der Waals surface area contributed by atoms with Crippen LogP contribution in [0.3, 0.4) is 0 Å². The molecule has 0 bridgehead atoms. The van der Waals surface area contributed by atoms with Crippen LogP contribution >= 0.6 is 0 Å². The highest BCUT2D eigenvalue weighted by molar-refractivity contribution is 7.91. The van der Waals surface area contributed by atoms with Gasteiger partial charge in [0.1, 0.15) is 11.6 Å². The molecule has 0 saturated carbocycles. The van der Waals surface area contributed by atoms with Gasteiger partial charge in [0.05, 0.1) is 18.6 Å². The predicted octanol–water partition coefficient (Wildman–Crippen LogP) is 1.62. The topological polar surface area (TPSA) is 97.4 Å². The van der Waals surface area contributed by atoms with Crippen LogP contribution in [0.25, 0.3) is 0 Å². The molecule has 0 spiro atoms. The lowest BCUT2D eigenvalue weighted by Gasteiger charge is -2.12. The summed E-state index contributed by atoms with van der Waals surface area (Å²) in [7, 11) is -1.40. The molecule has 0 radical (unpaired) electrons. The van der Waals surface area contributed by atoms with E-state index in [0.717, 1.165) is 11.3 Å². The van der Waals surface area contributed by atoms with Gasteiger partial charge in [-0.15, -0.1) is 0 Å². The summed E-state index contributed by atoms with van der Waals surface area (Å²) < 4.78 is 28.1. The van der Waals surface area contributed by atoms with Crippen molar-refractivity contribution in [2.24, 2.45) is 0 Å². The van der Waals surface area contributed by atoms with E-state index < -0.39 is 9.84 Å². The van der Waals surface area contributed by atoms with Crippen molar-refractivity contribution < 1.29 is 17.9 Å². The van der Waals surface area contributed by atoms with Crippen LogP contribution in [0.2, 0.25) is 0 Å². The van der Waals surface area contributed by atoms with Crippen LogP contribution in [0.4, 0.5) is 5.82 Å². The van der Waals surface area contributed by atoms with Crippen molar-refractivity contribution in [1.82, 2.24) is 10.3 Å². The number of carbonyl (C=O) groups excluding carboxylic acids is 1. The molecule has 1 aromatic carbocycles. The van der Waals surface area contributed by atoms with Crippen LogP contribution in [-0.2, 0) is 16.4 Å². The van der Waals surface area contributed by atoms with Crippen molar-refractivity contribution in [2.45, 2.75) is 19.0 Å². The Kier molecular flexibility index (Phi) is 5.41. The number of nitrogens with zero attached hydrogens (tertiary/aromatic N) is 1. The normalized spacial score (nSPS) is 18.3. The number of hydrogen-bond acceptors (Lipinski definition) is 6. The minimum atomic E-state index is -3.02. The van der Waals surface area contributed by atoms with E-state index in [1.165, 1.54) is 0 Å².